The third kappa shape index (κ3) is 5.13. The molecule has 26 heavy (non-hydrogen) atoms. The van der Waals surface area contributed by atoms with Crippen LogP contribution in [0, 0.1) is 10.1 Å². The highest BCUT2D eigenvalue weighted by Crippen LogP contribution is 2.26. The molecule has 9 nitrogen and oxygen atoms in total. The van der Waals surface area contributed by atoms with Crippen molar-refractivity contribution in [2.45, 2.75) is 6.54 Å². The second-order valence-corrected chi connectivity index (χ2v) is 5.06. The van der Waals surface area contributed by atoms with Crippen LogP contribution in [0.1, 0.15) is 11.1 Å². The molecule has 2 aromatic rings. The van der Waals surface area contributed by atoms with E-state index in [1.165, 1.54) is 31.5 Å². The molecule has 2 N–H and O–H groups in total. The fourth-order valence-electron chi connectivity index (χ4n) is 2.00. The number of benzene rings is 2. The minimum Gasteiger partial charge on any atom is -0.490 e. The molecule has 0 saturated carbocycles. The van der Waals surface area contributed by atoms with Crippen molar-refractivity contribution in [3.63, 3.8) is 0 Å². The smallest absolute Gasteiger partial charge is 0.329 e. The van der Waals surface area contributed by atoms with Gasteiger partial charge in [-0.2, -0.15) is 5.10 Å². The summed E-state index contributed by atoms with van der Waals surface area (Å²) in [6.45, 7) is 0.210. The lowest BCUT2D eigenvalue weighted by Crippen LogP contribution is -2.37. The first-order chi connectivity index (χ1) is 12.5. The van der Waals surface area contributed by atoms with E-state index in [1.807, 2.05) is 30.3 Å². The number of carbonyl (C=O) groups is 2. The zero-order valence-electron chi connectivity index (χ0n) is 13.8. The Balaban J connectivity index is 1.91. The van der Waals surface area contributed by atoms with Gasteiger partial charge in [-0.3, -0.25) is 19.7 Å². The van der Waals surface area contributed by atoms with Crippen molar-refractivity contribution in [2.75, 3.05) is 7.11 Å². The van der Waals surface area contributed by atoms with Gasteiger partial charge in [0.1, 0.15) is 0 Å². The number of nitrogens with zero attached hydrogens (tertiary/aromatic N) is 2. The number of hydrogen-bond acceptors (Lipinski definition) is 6. The van der Waals surface area contributed by atoms with Crippen LogP contribution in [0.15, 0.2) is 53.6 Å². The maximum atomic E-state index is 11.7. The van der Waals surface area contributed by atoms with Gasteiger partial charge in [-0.25, -0.2) is 5.43 Å². The normalized spacial score (nSPS) is 10.3. The Hall–Kier alpha value is -3.75. The van der Waals surface area contributed by atoms with Gasteiger partial charge in [0, 0.05) is 18.2 Å². The first-order valence-corrected chi connectivity index (χ1v) is 7.49. The van der Waals surface area contributed by atoms with Crippen LogP contribution in [-0.4, -0.2) is 30.1 Å². The van der Waals surface area contributed by atoms with Gasteiger partial charge < -0.3 is 10.1 Å². The van der Waals surface area contributed by atoms with Gasteiger partial charge in [0.15, 0.2) is 5.75 Å². The molecule has 0 atom stereocenters. The number of carbonyl (C=O) groups excluding carboxylic acids is 2. The Morgan fingerprint density at radius 1 is 1.19 bits per heavy atom. The molecule has 0 spiro atoms. The number of nitrogens with one attached hydrogen (secondary N) is 2. The zero-order chi connectivity index (χ0) is 18.9. The first-order valence-electron chi connectivity index (χ1n) is 7.49. The van der Waals surface area contributed by atoms with Crippen LogP contribution in [0.5, 0.6) is 5.75 Å². The van der Waals surface area contributed by atoms with Crippen LogP contribution in [0.4, 0.5) is 5.69 Å². The average molecular weight is 356 g/mol. The molecule has 0 heterocycles. The largest absolute Gasteiger partial charge is 0.490 e. The average Bonchev–Trinajstić information content (AvgIpc) is 2.66. The van der Waals surface area contributed by atoms with Crippen molar-refractivity contribution in [1.29, 1.82) is 0 Å². The predicted octanol–water partition coefficient (Wildman–Crippen LogP) is 1.37. The summed E-state index contributed by atoms with van der Waals surface area (Å²) >= 11 is 0. The Bertz CT molecular complexity index is 836. The van der Waals surface area contributed by atoms with Crippen LogP contribution in [0.3, 0.4) is 0 Å². The van der Waals surface area contributed by atoms with Crippen molar-refractivity contribution >= 4 is 23.7 Å². The molecule has 0 bridgehead atoms. The van der Waals surface area contributed by atoms with E-state index in [9.17, 15) is 19.7 Å². The maximum Gasteiger partial charge on any atom is 0.329 e. The van der Waals surface area contributed by atoms with E-state index in [1.54, 1.807) is 0 Å². The Morgan fingerprint density at radius 3 is 2.58 bits per heavy atom. The molecule has 0 radical (unpaired) electrons. The van der Waals surface area contributed by atoms with Crippen molar-refractivity contribution < 1.29 is 19.2 Å². The van der Waals surface area contributed by atoms with Crippen molar-refractivity contribution in [3.05, 3.63) is 69.8 Å². The minimum atomic E-state index is -0.944. The van der Waals surface area contributed by atoms with Crippen molar-refractivity contribution in [1.82, 2.24) is 10.7 Å². The number of ether oxygens (including phenoxy) is 1. The van der Waals surface area contributed by atoms with Gasteiger partial charge in [0.2, 0.25) is 0 Å². The van der Waals surface area contributed by atoms with Crippen molar-refractivity contribution in [3.8, 4) is 5.75 Å². The summed E-state index contributed by atoms with van der Waals surface area (Å²) in [5.41, 5.74) is 3.04. The molecule has 2 aromatic carbocycles. The van der Waals surface area contributed by atoms with Crippen LogP contribution in [-0.2, 0) is 16.1 Å². The molecule has 0 aromatic heterocycles. The quantitative estimate of drug-likeness (QED) is 0.350. The van der Waals surface area contributed by atoms with E-state index in [2.05, 4.69) is 15.8 Å². The number of amides is 2. The monoisotopic (exact) mass is 356 g/mol. The summed E-state index contributed by atoms with van der Waals surface area (Å²) in [7, 11) is 1.32. The first kappa shape index (κ1) is 18.6. The van der Waals surface area contributed by atoms with Gasteiger partial charge in [-0.05, 0) is 17.7 Å². The second-order valence-electron chi connectivity index (χ2n) is 5.06. The number of methoxy groups -OCH3 is 1. The van der Waals surface area contributed by atoms with Crippen LogP contribution < -0.4 is 15.5 Å². The number of nitro groups is 1. The Kier molecular flexibility index (Phi) is 6.38. The maximum absolute atomic E-state index is 11.7. The third-order valence-corrected chi connectivity index (χ3v) is 3.28. The van der Waals surface area contributed by atoms with Gasteiger partial charge in [0.25, 0.3) is 0 Å². The Labute approximate surface area is 148 Å². The summed E-state index contributed by atoms with van der Waals surface area (Å²) in [6.07, 6.45) is 1.19. The van der Waals surface area contributed by atoms with Gasteiger partial charge in [-0.1, -0.05) is 30.3 Å². The molecule has 0 aliphatic rings. The molecule has 2 rings (SSSR count). The lowest BCUT2D eigenvalue weighted by atomic mass is 10.2. The summed E-state index contributed by atoms with van der Waals surface area (Å²) < 4.78 is 4.89. The standard InChI is InChI=1S/C17H16N4O5/c1-26-15-8-7-13(9-14(15)21(24)25)11-19-20-17(23)16(22)18-10-12-5-3-2-4-6-12/h2-9,11H,10H2,1H3,(H,18,22)(H,20,23)/b19-11+. The van der Waals surface area contributed by atoms with E-state index >= 15 is 0 Å². The minimum absolute atomic E-state index is 0.108. The Morgan fingerprint density at radius 2 is 1.92 bits per heavy atom. The zero-order valence-corrected chi connectivity index (χ0v) is 13.8. The molecule has 2 amide bonds. The lowest BCUT2D eigenvalue weighted by molar-refractivity contribution is -0.385. The van der Waals surface area contributed by atoms with E-state index in [0.717, 1.165) is 5.56 Å². The molecule has 0 fully saturated rings. The van der Waals surface area contributed by atoms with Gasteiger partial charge in [0.05, 0.1) is 18.2 Å². The van der Waals surface area contributed by atoms with Crippen LogP contribution in [0.2, 0.25) is 0 Å². The molecule has 0 aliphatic heterocycles. The lowest BCUT2D eigenvalue weighted by Gasteiger charge is -2.04. The fourth-order valence-corrected chi connectivity index (χ4v) is 2.00. The van der Waals surface area contributed by atoms with E-state index in [4.69, 9.17) is 4.74 Å². The number of nitro benzene ring substituents is 1. The second kappa shape index (κ2) is 8.92. The van der Waals surface area contributed by atoms with Crippen molar-refractivity contribution in [2.24, 2.45) is 5.10 Å². The number of hydrazone groups is 1. The SMILES string of the molecule is COc1ccc(/C=N/NC(=O)C(=O)NCc2ccccc2)cc1[N+](=O)[O-]. The van der Waals surface area contributed by atoms with E-state index in [-0.39, 0.29) is 18.0 Å². The highest BCUT2D eigenvalue weighted by molar-refractivity contribution is 6.35. The molecular formula is C17H16N4O5. The molecular weight excluding hydrogens is 340 g/mol. The summed E-state index contributed by atoms with van der Waals surface area (Å²) in [5.74, 6) is -1.68. The molecule has 9 heteroatoms. The fraction of sp³-hybridized carbons (Fsp3) is 0.118. The van der Waals surface area contributed by atoms with Gasteiger partial charge >= 0.3 is 17.5 Å². The number of rotatable bonds is 6. The molecule has 0 saturated heterocycles. The van der Waals surface area contributed by atoms with Gasteiger partial charge in [-0.15, -0.1) is 0 Å². The summed E-state index contributed by atoms with van der Waals surface area (Å²) in [6, 6.07) is 13.3. The van der Waals surface area contributed by atoms with E-state index in [0.29, 0.717) is 5.56 Å². The van der Waals surface area contributed by atoms with E-state index < -0.39 is 16.7 Å². The molecule has 0 aliphatic carbocycles. The van der Waals surface area contributed by atoms with Crippen LogP contribution in [0.25, 0.3) is 0 Å². The molecule has 0 unspecified atom stereocenters. The summed E-state index contributed by atoms with van der Waals surface area (Å²) in [4.78, 5) is 33.7. The third-order valence-electron chi connectivity index (χ3n) is 3.28. The molecule has 134 valence electrons. The highest BCUT2D eigenvalue weighted by atomic mass is 16.6. The number of hydrogen-bond donors (Lipinski definition) is 2. The highest BCUT2D eigenvalue weighted by Gasteiger charge is 2.15. The predicted molar refractivity (Wildman–Crippen MR) is 93.7 cm³/mol. The van der Waals surface area contributed by atoms with Crippen LogP contribution >= 0.6 is 0 Å². The summed E-state index contributed by atoms with van der Waals surface area (Å²) in [5, 5.41) is 17.0. The topological polar surface area (TPSA) is 123 Å².